The van der Waals surface area contributed by atoms with Gasteiger partial charge in [-0.3, -0.25) is 9.59 Å². The van der Waals surface area contributed by atoms with Gasteiger partial charge in [0.1, 0.15) is 0 Å². The molecule has 0 aromatic rings. The Morgan fingerprint density at radius 1 is 1.26 bits per heavy atom. The van der Waals surface area contributed by atoms with Crippen molar-refractivity contribution in [3.63, 3.8) is 0 Å². The second-order valence-electron chi connectivity index (χ2n) is 5.35. The zero-order valence-electron chi connectivity index (χ0n) is 12.1. The maximum atomic E-state index is 12.4. The van der Waals surface area contributed by atoms with E-state index in [2.05, 4.69) is 13.2 Å². The predicted molar refractivity (Wildman–Crippen MR) is 78.3 cm³/mol. The van der Waals surface area contributed by atoms with Crippen molar-refractivity contribution in [1.29, 1.82) is 0 Å². The van der Waals surface area contributed by atoms with Gasteiger partial charge in [-0.1, -0.05) is 6.92 Å². The predicted octanol–water partition coefficient (Wildman–Crippen LogP) is 2.48. The van der Waals surface area contributed by atoms with Gasteiger partial charge in [0.15, 0.2) is 0 Å². The van der Waals surface area contributed by atoms with Gasteiger partial charge >= 0.3 is 5.97 Å². The number of carboxylic acid groups (broad SMARTS) is 1. The monoisotopic (exact) mass is 287 g/mol. The zero-order valence-corrected chi connectivity index (χ0v) is 12.9. The van der Waals surface area contributed by atoms with E-state index in [-0.39, 0.29) is 17.7 Å². The van der Waals surface area contributed by atoms with Gasteiger partial charge in [0, 0.05) is 24.8 Å². The molecule has 1 N–H and O–H groups in total. The third kappa shape index (κ3) is 4.41. The molecule has 0 aromatic heterocycles. The first kappa shape index (κ1) is 16.3. The summed E-state index contributed by atoms with van der Waals surface area (Å²) in [6, 6.07) is 0.291. The number of hydrogen-bond acceptors (Lipinski definition) is 3. The highest BCUT2D eigenvalue weighted by atomic mass is 32.2. The molecule has 1 unspecified atom stereocenters. The van der Waals surface area contributed by atoms with Crippen molar-refractivity contribution in [3.8, 4) is 0 Å². The number of amides is 1. The minimum Gasteiger partial charge on any atom is -0.481 e. The van der Waals surface area contributed by atoms with E-state index in [9.17, 15) is 9.59 Å². The minimum absolute atomic E-state index is 0.0245. The summed E-state index contributed by atoms with van der Waals surface area (Å²) in [5.74, 6) is 0.222. The van der Waals surface area contributed by atoms with Crippen molar-refractivity contribution in [2.75, 3.05) is 19.1 Å². The summed E-state index contributed by atoms with van der Waals surface area (Å²) in [7, 11) is 1.88. The first-order valence-corrected chi connectivity index (χ1v) is 8.39. The van der Waals surface area contributed by atoms with Crippen LogP contribution in [0.5, 0.6) is 0 Å². The number of rotatable bonds is 6. The lowest BCUT2D eigenvalue weighted by Crippen LogP contribution is -2.43. The lowest BCUT2D eigenvalue weighted by atomic mass is 9.81. The molecule has 1 saturated carbocycles. The zero-order chi connectivity index (χ0) is 14.4. The Kier molecular flexibility index (Phi) is 6.69. The van der Waals surface area contributed by atoms with E-state index in [4.69, 9.17) is 5.11 Å². The molecule has 1 aliphatic carbocycles. The van der Waals surface area contributed by atoms with Gasteiger partial charge in [-0.2, -0.15) is 11.8 Å². The summed E-state index contributed by atoms with van der Waals surface area (Å²) in [5.41, 5.74) is 0. The van der Waals surface area contributed by atoms with Crippen LogP contribution < -0.4 is 0 Å². The van der Waals surface area contributed by atoms with Crippen LogP contribution in [0.25, 0.3) is 0 Å². The molecular formula is C14H25NO3S. The normalized spacial score (nSPS) is 24.8. The summed E-state index contributed by atoms with van der Waals surface area (Å²) < 4.78 is 0. The third-order valence-corrected chi connectivity index (χ3v) is 4.87. The van der Waals surface area contributed by atoms with Crippen molar-refractivity contribution in [2.24, 2.45) is 11.8 Å². The smallest absolute Gasteiger partial charge is 0.306 e. The molecule has 4 nitrogen and oxygen atoms in total. The molecule has 0 aliphatic heterocycles. The van der Waals surface area contributed by atoms with Crippen LogP contribution in [0.15, 0.2) is 0 Å². The molecule has 0 spiro atoms. The Labute approximate surface area is 119 Å². The van der Waals surface area contributed by atoms with Gasteiger partial charge in [-0.25, -0.2) is 0 Å². The van der Waals surface area contributed by atoms with Crippen LogP contribution in [0, 0.1) is 11.8 Å². The van der Waals surface area contributed by atoms with Gasteiger partial charge in [0.05, 0.1) is 5.92 Å². The van der Waals surface area contributed by atoms with Crippen LogP contribution in [0.4, 0.5) is 0 Å². The average molecular weight is 287 g/mol. The maximum absolute atomic E-state index is 12.4. The Hall–Kier alpha value is -0.710. The SMILES string of the molecule is CCC(CSC)N(C)C(=O)C1CCC(C(=O)O)CC1. The lowest BCUT2D eigenvalue weighted by Gasteiger charge is -2.33. The van der Waals surface area contributed by atoms with Crippen LogP contribution in [0.2, 0.25) is 0 Å². The molecule has 1 fully saturated rings. The summed E-state index contributed by atoms with van der Waals surface area (Å²) in [6.45, 7) is 2.10. The number of carbonyl (C=O) groups is 2. The number of nitrogens with zero attached hydrogens (tertiary/aromatic N) is 1. The van der Waals surface area contributed by atoms with E-state index in [0.717, 1.165) is 25.0 Å². The number of carbonyl (C=O) groups excluding carboxylic acids is 1. The van der Waals surface area contributed by atoms with E-state index >= 15 is 0 Å². The summed E-state index contributed by atoms with van der Waals surface area (Å²) >= 11 is 1.76. The molecule has 1 rings (SSSR count). The highest BCUT2D eigenvalue weighted by Gasteiger charge is 2.32. The first-order chi connectivity index (χ1) is 9.01. The summed E-state index contributed by atoms with van der Waals surface area (Å²) in [5, 5.41) is 8.97. The fourth-order valence-electron chi connectivity index (χ4n) is 2.75. The van der Waals surface area contributed by atoms with E-state index in [1.54, 1.807) is 11.8 Å². The Bertz CT molecular complexity index is 314. The van der Waals surface area contributed by atoms with Crippen molar-refractivity contribution in [1.82, 2.24) is 4.90 Å². The molecule has 0 aromatic carbocycles. The topological polar surface area (TPSA) is 57.6 Å². The highest BCUT2D eigenvalue weighted by Crippen LogP contribution is 2.30. The van der Waals surface area contributed by atoms with E-state index in [1.165, 1.54) is 0 Å². The van der Waals surface area contributed by atoms with Gasteiger partial charge in [-0.05, 0) is 38.4 Å². The molecule has 19 heavy (non-hydrogen) atoms. The first-order valence-electron chi connectivity index (χ1n) is 6.99. The molecule has 1 amide bonds. The molecule has 1 aliphatic rings. The molecule has 1 atom stereocenters. The van der Waals surface area contributed by atoms with Crippen LogP contribution in [0.3, 0.4) is 0 Å². The molecule has 0 radical (unpaired) electrons. The molecule has 0 heterocycles. The number of hydrogen-bond donors (Lipinski definition) is 1. The number of carboxylic acids is 1. The maximum Gasteiger partial charge on any atom is 0.306 e. The van der Waals surface area contributed by atoms with Crippen molar-refractivity contribution < 1.29 is 14.7 Å². The standard InChI is InChI=1S/C14H25NO3S/c1-4-12(9-19-3)15(2)13(16)10-5-7-11(8-6-10)14(17)18/h10-12H,4-9H2,1-3H3,(H,17,18). The van der Waals surface area contributed by atoms with Crippen LogP contribution in [-0.4, -0.2) is 47.0 Å². The summed E-state index contributed by atoms with van der Waals surface area (Å²) in [4.78, 5) is 25.2. The van der Waals surface area contributed by atoms with E-state index in [0.29, 0.717) is 18.9 Å². The fraction of sp³-hybridized carbons (Fsp3) is 0.857. The van der Waals surface area contributed by atoms with Crippen molar-refractivity contribution in [2.45, 2.75) is 45.1 Å². The Morgan fingerprint density at radius 2 is 1.79 bits per heavy atom. The van der Waals surface area contributed by atoms with Crippen molar-refractivity contribution >= 4 is 23.6 Å². The highest BCUT2D eigenvalue weighted by molar-refractivity contribution is 7.98. The quantitative estimate of drug-likeness (QED) is 0.815. The number of aliphatic carboxylic acids is 1. The van der Waals surface area contributed by atoms with Gasteiger partial charge in [-0.15, -0.1) is 0 Å². The second kappa shape index (κ2) is 7.78. The lowest BCUT2D eigenvalue weighted by molar-refractivity contribution is -0.145. The van der Waals surface area contributed by atoms with E-state index < -0.39 is 5.97 Å². The summed E-state index contributed by atoms with van der Waals surface area (Å²) in [6.07, 6.45) is 5.73. The molecule has 5 heteroatoms. The van der Waals surface area contributed by atoms with Gasteiger partial charge in [0.25, 0.3) is 0 Å². The fourth-order valence-corrected chi connectivity index (χ4v) is 3.60. The van der Waals surface area contributed by atoms with Gasteiger partial charge in [0.2, 0.25) is 5.91 Å². The van der Waals surface area contributed by atoms with Gasteiger partial charge < -0.3 is 10.0 Å². The van der Waals surface area contributed by atoms with Crippen LogP contribution >= 0.6 is 11.8 Å². The Balaban J connectivity index is 2.52. The van der Waals surface area contributed by atoms with E-state index in [1.807, 2.05) is 11.9 Å². The Morgan fingerprint density at radius 3 is 2.21 bits per heavy atom. The molecule has 0 bridgehead atoms. The van der Waals surface area contributed by atoms with Crippen LogP contribution in [-0.2, 0) is 9.59 Å². The minimum atomic E-state index is -0.715. The molecule has 0 saturated heterocycles. The molecular weight excluding hydrogens is 262 g/mol. The third-order valence-electron chi connectivity index (χ3n) is 4.15. The largest absolute Gasteiger partial charge is 0.481 e. The number of thioether (sulfide) groups is 1. The average Bonchev–Trinajstić information content (AvgIpc) is 2.43. The van der Waals surface area contributed by atoms with Crippen molar-refractivity contribution in [3.05, 3.63) is 0 Å². The second-order valence-corrected chi connectivity index (χ2v) is 6.26. The van der Waals surface area contributed by atoms with Crippen LogP contribution in [0.1, 0.15) is 39.0 Å². The molecule has 110 valence electrons.